The minimum atomic E-state index is -4.50. The molecule has 0 saturated heterocycles. The van der Waals surface area contributed by atoms with Gasteiger partial charge in [0.2, 0.25) is 0 Å². The Morgan fingerprint density at radius 1 is 1.40 bits per heavy atom. The molecule has 0 aromatic heterocycles. The smallest absolute Gasteiger partial charge is 0.404 e. The van der Waals surface area contributed by atoms with Gasteiger partial charge < -0.3 is 5.11 Å². The third-order valence-electron chi connectivity index (χ3n) is 1.93. The molecule has 0 aliphatic heterocycles. The van der Waals surface area contributed by atoms with Gasteiger partial charge in [-0.3, -0.25) is 9.69 Å². The number of nitrogens with zero attached hydrogens (tertiary/aromatic N) is 1. The number of carboxylic acid groups (broad SMARTS) is 1. The first-order chi connectivity index (χ1) is 6.64. The number of carboxylic acids is 1. The van der Waals surface area contributed by atoms with E-state index >= 15 is 0 Å². The second-order valence-electron chi connectivity index (χ2n) is 3.99. The van der Waals surface area contributed by atoms with Crippen LogP contribution in [0.3, 0.4) is 0 Å². The quantitative estimate of drug-likeness (QED) is 0.780. The lowest BCUT2D eigenvalue weighted by Crippen LogP contribution is -2.46. The Hall–Kier alpha value is -0.780. The number of halogens is 3. The summed E-state index contributed by atoms with van der Waals surface area (Å²) < 4.78 is 37.4. The van der Waals surface area contributed by atoms with Crippen LogP contribution >= 0.6 is 0 Å². The molecule has 90 valence electrons. The van der Waals surface area contributed by atoms with Crippen LogP contribution < -0.4 is 0 Å². The number of alkyl halides is 3. The molecule has 0 heterocycles. The summed E-state index contributed by atoms with van der Waals surface area (Å²) in [6.07, 6.45) is -5.41. The van der Waals surface area contributed by atoms with Gasteiger partial charge in [0.05, 0.1) is 6.42 Å². The third-order valence-corrected chi connectivity index (χ3v) is 1.93. The van der Waals surface area contributed by atoms with Crippen molar-refractivity contribution in [3.63, 3.8) is 0 Å². The molecule has 0 saturated carbocycles. The second kappa shape index (κ2) is 5.34. The monoisotopic (exact) mass is 227 g/mol. The van der Waals surface area contributed by atoms with E-state index in [1.807, 2.05) is 0 Å². The molecule has 0 spiro atoms. The average molecular weight is 227 g/mol. The van der Waals surface area contributed by atoms with Crippen LogP contribution in [0.4, 0.5) is 13.2 Å². The zero-order chi connectivity index (χ0) is 12.2. The summed E-state index contributed by atoms with van der Waals surface area (Å²) in [6.45, 7) is 3.78. The minimum Gasteiger partial charge on any atom is -0.481 e. The maximum Gasteiger partial charge on any atom is 0.404 e. The Kier molecular flexibility index (Phi) is 5.07. The molecule has 0 aromatic carbocycles. The molecule has 0 amide bonds. The zero-order valence-corrected chi connectivity index (χ0v) is 9.01. The van der Waals surface area contributed by atoms with Crippen molar-refractivity contribution < 1.29 is 23.1 Å². The van der Waals surface area contributed by atoms with Crippen molar-refractivity contribution in [3.05, 3.63) is 0 Å². The maximum absolute atomic E-state index is 12.5. The van der Waals surface area contributed by atoms with E-state index in [1.54, 1.807) is 13.8 Å². The molecule has 15 heavy (non-hydrogen) atoms. The second-order valence-corrected chi connectivity index (χ2v) is 3.99. The summed E-state index contributed by atoms with van der Waals surface area (Å²) >= 11 is 0. The predicted octanol–water partition coefficient (Wildman–Crippen LogP) is 1.98. The number of aliphatic carboxylic acids is 1. The van der Waals surface area contributed by atoms with E-state index in [1.165, 1.54) is 7.05 Å². The number of hydrogen-bond acceptors (Lipinski definition) is 2. The van der Waals surface area contributed by atoms with Gasteiger partial charge in [0, 0.05) is 6.54 Å². The highest BCUT2D eigenvalue weighted by atomic mass is 19.4. The largest absolute Gasteiger partial charge is 0.481 e. The summed E-state index contributed by atoms with van der Waals surface area (Å²) in [6, 6.07) is -1.91. The molecule has 1 atom stereocenters. The SMILES string of the molecule is CC(C)CN(C)C(CC(=O)O)C(F)(F)F. The van der Waals surface area contributed by atoms with E-state index in [-0.39, 0.29) is 12.5 Å². The highest BCUT2D eigenvalue weighted by Crippen LogP contribution is 2.26. The van der Waals surface area contributed by atoms with Crippen molar-refractivity contribution in [2.24, 2.45) is 5.92 Å². The van der Waals surface area contributed by atoms with Gasteiger partial charge in [0.25, 0.3) is 0 Å². The van der Waals surface area contributed by atoms with Crippen LogP contribution in [-0.4, -0.2) is 41.8 Å². The van der Waals surface area contributed by atoms with Crippen LogP contribution in [0.25, 0.3) is 0 Å². The topological polar surface area (TPSA) is 40.5 Å². The molecule has 1 N–H and O–H groups in total. The van der Waals surface area contributed by atoms with E-state index in [4.69, 9.17) is 5.11 Å². The molecular weight excluding hydrogens is 211 g/mol. The molecule has 0 aliphatic carbocycles. The Labute approximate surface area is 86.9 Å². The third kappa shape index (κ3) is 5.61. The Morgan fingerprint density at radius 3 is 2.13 bits per heavy atom. The number of carbonyl (C=O) groups is 1. The molecule has 0 rings (SSSR count). The van der Waals surface area contributed by atoms with Gasteiger partial charge in [-0.2, -0.15) is 13.2 Å². The summed E-state index contributed by atoms with van der Waals surface area (Å²) in [5.41, 5.74) is 0. The molecule has 0 aliphatic rings. The Balaban J connectivity index is 4.55. The fraction of sp³-hybridized carbons (Fsp3) is 0.889. The van der Waals surface area contributed by atoms with Gasteiger partial charge in [-0.25, -0.2) is 0 Å². The average Bonchev–Trinajstić information content (AvgIpc) is 1.95. The molecule has 0 aromatic rings. The maximum atomic E-state index is 12.5. The van der Waals surface area contributed by atoms with Crippen molar-refractivity contribution in [1.82, 2.24) is 4.90 Å². The van der Waals surface area contributed by atoms with Crippen molar-refractivity contribution in [2.75, 3.05) is 13.6 Å². The van der Waals surface area contributed by atoms with E-state index in [0.29, 0.717) is 0 Å². The van der Waals surface area contributed by atoms with E-state index in [9.17, 15) is 18.0 Å². The minimum absolute atomic E-state index is 0.0636. The van der Waals surface area contributed by atoms with Crippen LogP contribution in [0.2, 0.25) is 0 Å². The molecule has 0 radical (unpaired) electrons. The first-order valence-electron chi connectivity index (χ1n) is 4.63. The van der Waals surface area contributed by atoms with Crippen LogP contribution in [0.5, 0.6) is 0 Å². The lowest BCUT2D eigenvalue weighted by molar-refractivity contribution is -0.188. The molecule has 3 nitrogen and oxygen atoms in total. The van der Waals surface area contributed by atoms with Gasteiger partial charge in [-0.1, -0.05) is 13.8 Å². The van der Waals surface area contributed by atoms with Crippen LogP contribution in [0, 0.1) is 5.92 Å². The van der Waals surface area contributed by atoms with Crippen LogP contribution in [0.1, 0.15) is 20.3 Å². The van der Waals surface area contributed by atoms with E-state index in [2.05, 4.69) is 0 Å². The van der Waals surface area contributed by atoms with Gasteiger partial charge in [-0.05, 0) is 13.0 Å². The Bertz CT molecular complexity index is 216. The normalized spacial score (nSPS) is 14.7. The molecule has 1 unspecified atom stereocenters. The fourth-order valence-electron chi connectivity index (χ4n) is 1.39. The summed E-state index contributed by atoms with van der Waals surface area (Å²) in [7, 11) is 1.29. The lowest BCUT2D eigenvalue weighted by atomic mass is 10.1. The summed E-state index contributed by atoms with van der Waals surface area (Å²) in [4.78, 5) is 11.4. The van der Waals surface area contributed by atoms with Crippen molar-refractivity contribution in [1.29, 1.82) is 0 Å². The highest BCUT2D eigenvalue weighted by molar-refractivity contribution is 5.67. The van der Waals surface area contributed by atoms with Gasteiger partial charge in [0.1, 0.15) is 6.04 Å². The van der Waals surface area contributed by atoms with Crippen molar-refractivity contribution >= 4 is 5.97 Å². The van der Waals surface area contributed by atoms with Crippen molar-refractivity contribution in [3.8, 4) is 0 Å². The first-order valence-corrected chi connectivity index (χ1v) is 4.63. The summed E-state index contributed by atoms with van der Waals surface area (Å²) in [5.74, 6) is -1.37. The zero-order valence-electron chi connectivity index (χ0n) is 9.01. The van der Waals surface area contributed by atoms with Crippen molar-refractivity contribution in [2.45, 2.75) is 32.5 Å². The van der Waals surface area contributed by atoms with Gasteiger partial charge in [0.15, 0.2) is 0 Å². The molecular formula is C9H16F3NO2. The predicted molar refractivity (Wildman–Crippen MR) is 49.6 cm³/mol. The van der Waals surface area contributed by atoms with Gasteiger partial charge in [-0.15, -0.1) is 0 Å². The van der Waals surface area contributed by atoms with E-state index in [0.717, 1.165) is 4.90 Å². The first kappa shape index (κ1) is 14.2. The van der Waals surface area contributed by atoms with Gasteiger partial charge >= 0.3 is 12.1 Å². The molecule has 0 bridgehead atoms. The Morgan fingerprint density at radius 2 is 1.87 bits per heavy atom. The summed E-state index contributed by atoms with van der Waals surface area (Å²) in [5, 5.41) is 8.40. The lowest BCUT2D eigenvalue weighted by Gasteiger charge is -2.29. The van der Waals surface area contributed by atoms with Crippen LogP contribution in [-0.2, 0) is 4.79 Å². The standard InChI is InChI=1S/C9H16F3NO2/c1-6(2)5-13(3)7(4-8(14)15)9(10,11)12/h6-7H,4-5H2,1-3H3,(H,14,15). The number of rotatable bonds is 5. The molecule has 6 heteroatoms. The molecule has 0 fully saturated rings. The number of hydrogen-bond donors (Lipinski definition) is 1. The highest BCUT2D eigenvalue weighted by Gasteiger charge is 2.43. The fourth-order valence-corrected chi connectivity index (χ4v) is 1.39. The van der Waals surface area contributed by atoms with E-state index < -0.39 is 24.6 Å². The van der Waals surface area contributed by atoms with Crippen LogP contribution in [0.15, 0.2) is 0 Å².